The fraction of sp³-hybridized carbons (Fsp3) is 0.467. The molecule has 1 aromatic carbocycles. The van der Waals surface area contributed by atoms with E-state index < -0.39 is 10.0 Å². The average Bonchev–Trinajstić information content (AvgIpc) is 2.96. The van der Waals surface area contributed by atoms with E-state index in [1.807, 2.05) is 20.8 Å². The first-order valence-electron chi connectivity index (χ1n) is 7.19. The van der Waals surface area contributed by atoms with Crippen LogP contribution in [0, 0.1) is 0 Å². The van der Waals surface area contributed by atoms with Crippen molar-refractivity contribution in [3.05, 3.63) is 36.0 Å². The van der Waals surface area contributed by atoms with E-state index in [-0.39, 0.29) is 16.9 Å². The smallest absolute Gasteiger partial charge is 0.240 e. The SMILES string of the molecule is COc1ccc(S(=O)(=O)NCCc2noc(C(C)(C)C)n2)cc1. The van der Waals surface area contributed by atoms with Gasteiger partial charge in [0, 0.05) is 18.4 Å². The maximum Gasteiger partial charge on any atom is 0.240 e. The molecule has 0 fully saturated rings. The van der Waals surface area contributed by atoms with Gasteiger partial charge >= 0.3 is 0 Å². The summed E-state index contributed by atoms with van der Waals surface area (Å²) in [5.41, 5.74) is -0.228. The normalized spacial score (nSPS) is 12.3. The number of sulfonamides is 1. The molecule has 0 saturated heterocycles. The van der Waals surface area contributed by atoms with Gasteiger partial charge in [-0.1, -0.05) is 25.9 Å². The molecule has 2 aromatic rings. The Morgan fingerprint density at radius 1 is 1.22 bits per heavy atom. The van der Waals surface area contributed by atoms with Crippen LogP contribution >= 0.6 is 0 Å². The minimum atomic E-state index is -3.57. The van der Waals surface area contributed by atoms with Gasteiger partial charge in [-0.05, 0) is 24.3 Å². The summed E-state index contributed by atoms with van der Waals surface area (Å²) in [6.45, 7) is 6.10. The van der Waals surface area contributed by atoms with Gasteiger partial charge < -0.3 is 9.26 Å². The highest BCUT2D eigenvalue weighted by Crippen LogP contribution is 2.19. The van der Waals surface area contributed by atoms with Crippen molar-refractivity contribution in [1.82, 2.24) is 14.9 Å². The van der Waals surface area contributed by atoms with Crippen molar-refractivity contribution in [1.29, 1.82) is 0 Å². The number of hydrogen-bond donors (Lipinski definition) is 1. The summed E-state index contributed by atoms with van der Waals surface area (Å²) in [5.74, 6) is 1.61. The van der Waals surface area contributed by atoms with Crippen LogP contribution in [0.25, 0.3) is 0 Å². The molecule has 0 saturated carbocycles. The molecule has 8 heteroatoms. The van der Waals surface area contributed by atoms with Crippen molar-refractivity contribution in [2.75, 3.05) is 13.7 Å². The van der Waals surface area contributed by atoms with Crippen LogP contribution in [0.5, 0.6) is 5.75 Å². The molecular formula is C15H21N3O4S. The second-order valence-electron chi connectivity index (χ2n) is 6.09. The van der Waals surface area contributed by atoms with Crippen LogP contribution in [-0.4, -0.2) is 32.2 Å². The molecule has 2 rings (SSSR count). The van der Waals surface area contributed by atoms with Gasteiger partial charge in [-0.15, -0.1) is 0 Å². The first kappa shape index (κ1) is 17.4. The van der Waals surface area contributed by atoms with E-state index in [0.29, 0.717) is 23.9 Å². The molecule has 1 aromatic heterocycles. The fourth-order valence-electron chi connectivity index (χ4n) is 1.80. The van der Waals surface area contributed by atoms with Crippen molar-refractivity contribution in [3.63, 3.8) is 0 Å². The highest BCUT2D eigenvalue weighted by Gasteiger charge is 2.22. The zero-order valence-electron chi connectivity index (χ0n) is 13.7. The first-order valence-corrected chi connectivity index (χ1v) is 8.67. The van der Waals surface area contributed by atoms with Crippen LogP contribution in [0.2, 0.25) is 0 Å². The summed E-state index contributed by atoms with van der Waals surface area (Å²) in [5, 5.41) is 3.86. The third-order valence-electron chi connectivity index (χ3n) is 3.12. The molecule has 23 heavy (non-hydrogen) atoms. The average molecular weight is 339 g/mol. The quantitative estimate of drug-likeness (QED) is 0.864. The van der Waals surface area contributed by atoms with Crippen LogP contribution in [-0.2, 0) is 21.9 Å². The number of hydrogen-bond acceptors (Lipinski definition) is 6. The molecule has 0 amide bonds. The number of nitrogens with one attached hydrogen (secondary N) is 1. The fourth-order valence-corrected chi connectivity index (χ4v) is 2.83. The molecule has 0 radical (unpaired) electrons. The molecule has 1 N–H and O–H groups in total. The van der Waals surface area contributed by atoms with E-state index in [0.717, 1.165) is 0 Å². The maximum absolute atomic E-state index is 12.2. The van der Waals surface area contributed by atoms with Crippen molar-refractivity contribution in [2.24, 2.45) is 0 Å². The zero-order chi connectivity index (χ0) is 17.1. The lowest BCUT2D eigenvalue weighted by Crippen LogP contribution is -2.26. The first-order chi connectivity index (χ1) is 10.7. The van der Waals surface area contributed by atoms with Crippen LogP contribution < -0.4 is 9.46 Å². The van der Waals surface area contributed by atoms with Gasteiger partial charge in [-0.2, -0.15) is 4.98 Å². The number of benzene rings is 1. The van der Waals surface area contributed by atoms with Crippen molar-refractivity contribution >= 4 is 10.0 Å². The topological polar surface area (TPSA) is 94.3 Å². The summed E-state index contributed by atoms with van der Waals surface area (Å²) in [6.07, 6.45) is 0.356. The minimum absolute atomic E-state index is 0.182. The lowest BCUT2D eigenvalue weighted by Gasteiger charge is -2.10. The third kappa shape index (κ3) is 4.52. The molecule has 0 bridgehead atoms. The third-order valence-corrected chi connectivity index (χ3v) is 4.60. The predicted octanol–water partition coefficient (Wildman–Crippen LogP) is 1.90. The van der Waals surface area contributed by atoms with Gasteiger partial charge in [0.25, 0.3) is 0 Å². The van der Waals surface area contributed by atoms with Gasteiger partial charge in [0.15, 0.2) is 5.82 Å². The summed E-state index contributed by atoms with van der Waals surface area (Å²) < 4.78 is 37.0. The zero-order valence-corrected chi connectivity index (χ0v) is 14.5. The van der Waals surface area contributed by atoms with Crippen LogP contribution in [0.1, 0.15) is 32.5 Å². The Kier molecular flexibility index (Phi) is 5.06. The Balaban J connectivity index is 1.95. The highest BCUT2D eigenvalue weighted by atomic mass is 32.2. The van der Waals surface area contributed by atoms with Crippen LogP contribution in [0.3, 0.4) is 0 Å². The second-order valence-corrected chi connectivity index (χ2v) is 7.86. The van der Waals surface area contributed by atoms with Crippen LogP contribution in [0.15, 0.2) is 33.7 Å². The number of nitrogens with zero attached hydrogens (tertiary/aromatic N) is 2. The van der Waals surface area contributed by atoms with Gasteiger partial charge in [0.1, 0.15) is 5.75 Å². The van der Waals surface area contributed by atoms with Gasteiger partial charge in [-0.25, -0.2) is 13.1 Å². The van der Waals surface area contributed by atoms with E-state index in [1.165, 1.54) is 19.2 Å². The largest absolute Gasteiger partial charge is 0.497 e. The highest BCUT2D eigenvalue weighted by molar-refractivity contribution is 7.89. The van der Waals surface area contributed by atoms with Crippen LogP contribution in [0.4, 0.5) is 0 Å². The lowest BCUT2D eigenvalue weighted by molar-refractivity contribution is 0.318. The number of rotatable bonds is 6. The molecule has 0 atom stereocenters. The molecule has 0 aliphatic carbocycles. The van der Waals surface area contributed by atoms with Crippen molar-refractivity contribution in [3.8, 4) is 5.75 Å². The number of methoxy groups -OCH3 is 1. The molecule has 0 spiro atoms. The summed E-state index contributed by atoms with van der Waals surface area (Å²) in [6, 6.07) is 6.19. The van der Waals surface area contributed by atoms with Crippen molar-refractivity contribution in [2.45, 2.75) is 37.5 Å². The Labute approximate surface area is 136 Å². The Bertz CT molecular complexity index is 746. The van der Waals surface area contributed by atoms with Crippen molar-refractivity contribution < 1.29 is 17.7 Å². The summed E-state index contributed by atoms with van der Waals surface area (Å²) in [4.78, 5) is 4.45. The molecule has 0 aliphatic heterocycles. The summed E-state index contributed by atoms with van der Waals surface area (Å²) in [7, 11) is -2.04. The second kappa shape index (κ2) is 6.67. The number of aromatic nitrogens is 2. The minimum Gasteiger partial charge on any atom is -0.497 e. The van der Waals surface area contributed by atoms with E-state index in [4.69, 9.17) is 9.26 Å². The summed E-state index contributed by atoms with van der Waals surface area (Å²) >= 11 is 0. The molecule has 0 unspecified atom stereocenters. The Hall–Kier alpha value is -1.93. The van der Waals surface area contributed by atoms with E-state index in [2.05, 4.69) is 14.9 Å². The lowest BCUT2D eigenvalue weighted by atomic mass is 9.97. The maximum atomic E-state index is 12.2. The van der Waals surface area contributed by atoms with Gasteiger partial charge in [-0.3, -0.25) is 0 Å². The standard InChI is InChI=1S/C15H21N3O4S/c1-15(2,3)14-17-13(18-22-14)9-10-16-23(19,20)12-7-5-11(21-4)6-8-12/h5-8,16H,9-10H2,1-4H3. The predicted molar refractivity (Wildman–Crippen MR) is 84.9 cm³/mol. The van der Waals surface area contributed by atoms with E-state index in [9.17, 15) is 8.42 Å². The molecule has 126 valence electrons. The van der Waals surface area contributed by atoms with Gasteiger partial charge in [0.2, 0.25) is 15.9 Å². The van der Waals surface area contributed by atoms with E-state index >= 15 is 0 Å². The Morgan fingerprint density at radius 3 is 2.39 bits per heavy atom. The van der Waals surface area contributed by atoms with Gasteiger partial charge in [0.05, 0.1) is 12.0 Å². The monoisotopic (exact) mass is 339 g/mol. The molecule has 1 heterocycles. The Morgan fingerprint density at radius 2 is 1.87 bits per heavy atom. The van der Waals surface area contributed by atoms with E-state index in [1.54, 1.807) is 12.1 Å². The molecule has 0 aliphatic rings. The molecular weight excluding hydrogens is 318 g/mol. The molecule has 7 nitrogen and oxygen atoms in total. The number of ether oxygens (including phenoxy) is 1.